The molecule has 2 saturated heterocycles. The fourth-order valence-corrected chi connectivity index (χ4v) is 6.25. The Morgan fingerprint density at radius 2 is 1.42 bits per heavy atom. The molecule has 162 valence electrons. The van der Waals surface area contributed by atoms with E-state index in [0.717, 1.165) is 10.8 Å². The summed E-state index contributed by atoms with van der Waals surface area (Å²) in [5.74, 6) is -0.643. The topological polar surface area (TPSA) is 78.0 Å². The fraction of sp³-hybridized carbons (Fsp3) is 0.391. The fourth-order valence-electron chi connectivity index (χ4n) is 4.80. The minimum absolute atomic E-state index is 0.0921. The molecular weight excluding hydrogens is 414 g/mol. The first-order valence-corrected chi connectivity index (χ1v) is 12.1. The van der Waals surface area contributed by atoms with Gasteiger partial charge in [0.1, 0.15) is 0 Å². The van der Waals surface area contributed by atoms with Crippen LogP contribution < -0.4 is 0 Å². The molecule has 0 spiro atoms. The molecule has 0 saturated carbocycles. The van der Waals surface area contributed by atoms with Crippen LogP contribution in [-0.4, -0.2) is 67.2 Å². The molecule has 7 nitrogen and oxygen atoms in total. The SMILES string of the molecule is O=C1[C@H]2CC=CC[C@@H]2C(=O)N1CN1CCN(S(=O)(=O)c2ccc3ccccc3c2)CC1. The molecule has 31 heavy (non-hydrogen) atoms. The summed E-state index contributed by atoms with van der Waals surface area (Å²) >= 11 is 0. The lowest BCUT2D eigenvalue weighted by Gasteiger charge is -2.35. The van der Waals surface area contributed by atoms with Gasteiger partial charge in [0.2, 0.25) is 21.8 Å². The van der Waals surface area contributed by atoms with Crippen molar-refractivity contribution < 1.29 is 18.0 Å². The molecule has 0 bridgehead atoms. The maximum absolute atomic E-state index is 13.1. The summed E-state index contributed by atoms with van der Waals surface area (Å²) < 4.78 is 27.8. The minimum Gasteiger partial charge on any atom is -0.283 e. The average Bonchev–Trinajstić information content (AvgIpc) is 3.04. The predicted molar refractivity (Wildman–Crippen MR) is 116 cm³/mol. The van der Waals surface area contributed by atoms with Gasteiger partial charge in [-0.1, -0.05) is 42.5 Å². The highest BCUT2D eigenvalue weighted by atomic mass is 32.2. The van der Waals surface area contributed by atoms with Gasteiger partial charge in [-0.05, 0) is 35.7 Å². The van der Waals surface area contributed by atoms with E-state index in [1.165, 1.54) is 9.21 Å². The van der Waals surface area contributed by atoms with Crippen molar-refractivity contribution in [1.29, 1.82) is 0 Å². The standard InChI is InChI=1S/C23H25N3O4S/c27-22-20-7-3-4-8-21(20)23(28)26(22)16-24-11-13-25(14-12-24)31(29,30)19-10-9-17-5-1-2-6-18(17)15-19/h1-6,9-10,15,20-21H,7-8,11-14,16H2/t20-,21-/m0/s1. The smallest absolute Gasteiger partial charge is 0.243 e. The Bertz CT molecular complexity index is 1140. The molecule has 0 N–H and O–H groups in total. The van der Waals surface area contributed by atoms with Crippen molar-refractivity contribution in [2.45, 2.75) is 17.7 Å². The lowest BCUT2D eigenvalue weighted by Crippen LogP contribution is -2.52. The number of benzene rings is 2. The monoisotopic (exact) mass is 439 g/mol. The summed E-state index contributed by atoms with van der Waals surface area (Å²) in [5, 5.41) is 1.89. The minimum atomic E-state index is -3.59. The largest absolute Gasteiger partial charge is 0.283 e. The van der Waals surface area contributed by atoms with Crippen molar-refractivity contribution in [3.05, 3.63) is 54.6 Å². The lowest BCUT2D eigenvalue weighted by molar-refractivity contribution is -0.142. The predicted octanol–water partition coefficient (Wildman–Crippen LogP) is 2.05. The van der Waals surface area contributed by atoms with Crippen molar-refractivity contribution in [2.24, 2.45) is 11.8 Å². The number of carbonyl (C=O) groups excluding carboxylic acids is 2. The molecule has 3 aliphatic rings. The zero-order valence-corrected chi connectivity index (χ0v) is 18.0. The van der Waals surface area contributed by atoms with E-state index in [-0.39, 0.29) is 30.3 Å². The van der Waals surface area contributed by atoms with Gasteiger partial charge in [0.25, 0.3) is 0 Å². The molecule has 0 radical (unpaired) electrons. The highest BCUT2D eigenvalue weighted by molar-refractivity contribution is 7.89. The first-order chi connectivity index (χ1) is 14.9. The van der Waals surface area contributed by atoms with Crippen LogP contribution in [0.1, 0.15) is 12.8 Å². The number of amides is 2. The van der Waals surface area contributed by atoms with Crippen molar-refractivity contribution in [3.63, 3.8) is 0 Å². The second-order valence-electron chi connectivity index (χ2n) is 8.43. The number of imide groups is 1. The van der Waals surface area contributed by atoms with E-state index in [4.69, 9.17) is 0 Å². The van der Waals surface area contributed by atoms with E-state index in [1.807, 2.05) is 47.4 Å². The summed E-state index contributed by atoms with van der Waals surface area (Å²) in [7, 11) is -3.59. The number of piperazine rings is 1. The Labute approximate surface area is 182 Å². The molecule has 5 rings (SSSR count). The van der Waals surface area contributed by atoms with Crippen LogP contribution >= 0.6 is 0 Å². The highest BCUT2D eigenvalue weighted by Gasteiger charge is 2.47. The molecule has 2 atom stereocenters. The van der Waals surface area contributed by atoms with E-state index < -0.39 is 10.0 Å². The summed E-state index contributed by atoms with van der Waals surface area (Å²) in [6, 6.07) is 12.9. The molecule has 2 aromatic carbocycles. The van der Waals surface area contributed by atoms with Gasteiger partial charge in [-0.15, -0.1) is 0 Å². The van der Waals surface area contributed by atoms with Crippen molar-refractivity contribution in [2.75, 3.05) is 32.8 Å². The van der Waals surface area contributed by atoms with E-state index in [9.17, 15) is 18.0 Å². The van der Waals surface area contributed by atoms with E-state index in [2.05, 4.69) is 0 Å². The van der Waals surface area contributed by atoms with Gasteiger partial charge in [-0.3, -0.25) is 19.4 Å². The zero-order valence-electron chi connectivity index (χ0n) is 17.2. The van der Waals surface area contributed by atoms with Crippen LogP contribution in [0.5, 0.6) is 0 Å². The summed E-state index contributed by atoms with van der Waals surface area (Å²) in [5.41, 5.74) is 0. The van der Waals surface area contributed by atoms with E-state index >= 15 is 0 Å². The first-order valence-electron chi connectivity index (χ1n) is 10.7. The first kappa shape index (κ1) is 20.4. The number of allylic oxidation sites excluding steroid dienone is 2. The molecule has 2 aromatic rings. The Morgan fingerprint density at radius 1 is 0.806 bits per heavy atom. The van der Waals surface area contributed by atoms with Gasteiger partial charge in [0, 0.05) is 26.2 Å². The molecule has 0 aromatic heterocycles. The molecule has 8 heteroatoms. The van der Waals surface area contributed by atoms with Crippen LogP contribution in [0.25, 0.3) is 10.8 Å². The molecule has 1 aliphatic carbocycles. The van der Waals surface area contributed by atoms with Gasteiger partial charge in [0.05, 0.1) is 23.4 Å². The number of hydrogen-bond donors (Lipinski definition) is 0. The zero-order chi connectivity index (χ0) is 21.6. The third-order valence-corrected chi connectivity index (χ3v) is 8.52. The molecule has 0 unspecified atom stereocenters. The van der Waals surface area contributed by atoms with Crippen LogP contribution in [0, 0.1) is 11.8 Å². The lowest BCUT2D eigenvalue weighted by atomic mass is 9.85. The van der Waals surface area contributed by atoms with Crippen molar-refractivity contribution >= 4 is 32.6 Å². The van der Waals surface area contributed by atoms with Crippen LogP contribution in [0.4, 0.5) is 0 Å². The molecule has 2 amide bonds. The number of nitrogens with zero attached hydrogens (tertiary/aromatic N) is 3. The normalized spacial score (nSPS) is 25.4. The van der Waals surface area contributed by atoms with Crippen LogP contribution in [0.3, 0.4) is 0 Å². The maximum atomic E-state index is 13.1. The van der Waals surface area contributed by atoms with Crippen molar-refractivity contribution in [1.82, 2.24) is 14.1 Å². The Hall–Kier alpha value is -2.55. The maximum Gasteiger partial charge on any atom is 0.243 e. The van der Waals surface area contributed by atoms with Gasteiger partial charge in [0.15, 0.2) is 0 Å². The van der Waals surface area contributed by atoms with Gasteiger partial charge < -0.3 is 0 Å². The Balaban J connectivity index is 1.25. The van der Waals surface area contributed by atoms with Gasteiger partial charge in [-0.2, -0.15) is 4.31 Å². The van der Waals surface area contributed by atoms with Gasteiger partial charge in [-0.25, -0.2) is 8.42 Å². The summed E-state index contributed by atoms with van der Waals surface area (Å²) in [6.45, 7) is 1.88. The second kappa shape index (κ2) is 7.85. The summed E-state index contributed by atoms with van der Waals surface area (Å²) in [6.07, 6.45) is 5.21. The summed E-state index contributed by atoms with van der Waals surface area (Å²) in [4.78, 5) is 29.0. The quantitative estimate of drug-likeness (QED) is 0.538. The van der Waals surface area contributed by atoms with E-state index in [0.29, 0.717) is 43.9 Å². The second-order valence-corrected chi connectivity index (χ2v) is 10.4. The Kier molecular flexibility index (Phi) is 5.16. The Morgan fingerprint density at radius 3 is 2.06 bits per heavy atom. The number of fused-ring (bicyclic) bond motifs is 2. The van der Waals surface area contributed by atoms with Gasteiger partial charge >= 0.3 is 0 Å². The van der Waals surface area contributed by atoms with E-state index in [1.54, 1.807) is 12.1 Å². The molecule has 2 aliphatic heterocycles. The number of sulfonamides is 1. The third kappa shape index (κ3) is 3.58. The number of rotatable bonds is 4. The highest BCUT2D eigenvalue weighted by Crippen LogP contribution is 2.35. The van der Waals surface area contributed by atoms with Crippen LogP contribution in [-0.2, 0) is 19.6 Å². The number of likely N-dealkylation sites (tertiary alicyclic amines) is 1. The van der Waals surface area contributed by atoms with Crippen LogP contribution in [0.15, 0.2) is 59.5 Å². The van der Waals surface area contributed by atoms with Crippen LogP contribution in [0.2, 0.25) is 0 Å². The van der Waals surface area contributed by atoms with Crippen molar-refractivity contribution in [3.8, 4) is 0 Å². The molecule has 2 fully saturated rings. The number of carbonyl (C=O) groups is 2. The average molecular weight is 440 g/mol. The third-order valence-electron chi connectivity index (χ3n) is 6.63. The molecule has 2 heterocycles. The number of hydrogen-bond acceptors (Lipinski definition) is 5. The molecular formula is C23H25N3O4S.